The molecule has 1 aliphatic heterocycles. The minimum absolute atomic E-state index is 0.0651. The number of carbonyl (C=O) groups is 2. The summed E-state index contributed by atoms with van der Waals surface area (Å²) in [4.78, 5) is 29.1. The van der Waals surface area contributed by atoms with E-state index in [1.54, 1.807) is 6.92 Å². The molecule has 1 aliphatic rings. The van der Waals surface area contributed by atoms with E-state index >= 15 is 0 Å². The van der Waals surface area contributed by atoms with Gasteiger partial charge in [0.05, 0.1) is 38.3 Å². The van der Waals surface area contributed by atoms with Crippen molar-refractivity contribution in [1.29, 1.82) is 0 Å². The van der Waals surface area contributed by atoms with Gasteiger partial charge < -0.3 is 19.9 Å². The lowest BCUT2D eigenvalue weighted by Gasteiger charge is -2.12. The number of likely N-dealkylation sites (tertiary alicyclic amines) is 1. The zero-order chi connectivity index (χ0) is 16.9. The van der Waals surface area contributed by atoms with Crippen LogP contribution in [0.5, 0.6) is 0 Å². The number of fused-ring (bicyclic) bond motifs is 1. The number of quaternary nitrogens is 1. The molecular formula is C18H24N3O3+. The van der Waals surface area contributed by atoms with Gasteiger partial charge in [0.1, 0.15) is 5.69 Å². The van der Waals surface area contributed by atoms with E-state index in [1.165, 1.54) is 17.7 Å². The summed E-state index contributed by atoms with van der Waals surface area (Å²) in [7, 11) is 0. The maximum Gasteiger partial charge on any atom is 0.356 e. The highest BCUT2D eigenvalue weighted by Crippen LogP contribution is 2.28. The smallest absolute Gasteiger partial charge is 0.356 e. The summed E-state index contributed by atoms with van der Waals surface area (Å²) in [5, 5.41) is 3.73. The minimum atomic E-state index is -0.450. The average Bonchev–Trinajstić information content (AvgIpc) is 3.21. The van der Waals surface area contributed by atoms with Crippen LogP contribution in [0.1, 0.15) is 36.7 Å². The molecule has 3 N–H and O–H groups in total. The molecule has 6 heteroatoms. The fourth-order valence-corrected chi connectivity index (χ4v) is 3.25. The molecule has 2 heterocycles. The Morgan fingerprint density at radius 3 is 2.75 bits per heavy atom. The van der Waals surface area contributed by atoms with E-state index < -0.39 is 5.97 Å². The monoisotopic (exact) mass is 330 g/mol. The van der Waals surface area contributed by atoms with E-state index in [4.69, 9.17) is 4.74 Å². The van der Waals surface area contributed by atoms with Crippen LogP contribution in [0.2, 0.25) is 0 Å². The molecular weight excluding hydrogens is 306 g/mol. The fourth-order valence-electron chi connectivity index (χ4n) is 3.25. The Balaban J connectivity index is 1.77. The van der Waals surface area contributed by atoms with Crippen LogP contribution >= 0.6 is 0 Å². The molecule has 0 radical (unpaired) electrons. The summed E-state index contributed by atoms with van der Waals surface area (Å²) >= 11 is 0. The van der Waals surface area contributed by atoms with Crippen LogP contribution in [-0.2, 0) is 9.53 Å². The van der Waals surface area contributed by atoms with Crippen molar-refractivity contribution < 1.29 is 19.2 Å². The number of para-hydroxylation sites is 1. The molecule has 24 heavy (non-hydrogen) atoms. The van der Waals surface area contributed by atoms with E-state index in [0.29, 0.717) is 24.4 Å². The van der Waals surface area contributed by atoms with Gasteiger partial charge in [-0.05, 0) is 13.0 Å². The molecule has 0 saturated carbocycles. The third-order valence-electron chi connectivity index (χ3n) is 4.47. The average molecular weight is 330 g/mol. The highest BCUT2D eigenvalue weighted by Gasteiger charge is 2.22. The van der Waals surface area contributed by atoms with Gasteiger partial charge in [-0.1, -0.05) is 18.2 Å². The van der Waals surface area contributed by atoms with E-state index in [9.17, 15) is 9.59 Å². The topological polar surface area (TPSA) is 75.6 Å². The summed E-state index contributed by atoms with van der Waals surface area (Å²) in [6.07, 6.45) is 2.94. The number of ether oxygens (including phenoxy) is 1. The van der Waals surface area contributed by atoms with Crippen molar-refractivity contribution in [3.8, 4) is 0 Å². The third-order valence-corrected chi connectivity index (χ3v) is 4.47. The van der Waals surface area contributed by atoms with Crippen molar-refractivity contribution in [3.63, 3.8) is 0 Å². The molecule has 0 aliphatic carbocycles. The van der Waals surface area contributed by atoms with E-state index in [1.807, 2.05) is 24.3 Å². The lowest BCUT2D eigenvalue weighted by Crippen LogP contribution is -3.10. The molecule has 1 amide bonds. The van der Waals surface area contributed by atoms with Crippen LogP contribution in [0.3, 0.4) is 0 Å². The van der Waals surface area contributed by atoms with Crippen molar-refractivity contribution in [1.82, 2.24) is 4.98 Å². The first-order valence-corrected chi connectivity index (χ1v) is 8.60. The molecule has 1 aromatic heterocycles. The van der Waals surface area contributed by atoms with Gasteiger partial charge in [-0.15, -0.1) is 0 Å². The summed E-state index contributed by atoms with van der Waals surface area (Å²) in [6, 6.07) is 7.53. The maximum absolute atomic E-state index is 12.4. The number of hydrogen-bond donors (Lipinski definition) is 3. The number of H-pyrrole nitrogens is 1. The number of rotatable bonds is 6. The summed E-state index contributed by atoms with van der Waals surface area (Å²) in [5.41, 5.74) is 1.63. The first kappa shape index (κ1) is 16.5. The van der Waals surface area contributed by atoms with Gasteiger partial charge in [0.25, 0.3) is 0 Å². The Morgan fingerprint density at radius 2 is 2.00 bits per heavy atom. The second-order valence-electron chi connectivity index (χ2n) is 6.15. The molecule has 0 spiro atoms. The van der Waals surface area contributed by atoms with Crippen LogP contribution < -0.4 is 10.2 Å². The maximum atomic E-state index is 12.4. The van der Waals surface area contributed by atoms with Crippen molar-refractivity contribution in [2.45, 2.75) is 26.2 Å². The Labute approximate surface area is 141 Å². The third kappa shape index (κ3) is 3.59. The number of anilines is 1. The number of aromatic nitrogens is 1. The van der Waals surface area contributed by atoms with Crippen molar-refractivity contribution in [2.24, 2.45) is 0 Å². The second kappa shape index (κ2) is 7.49. The number of amides is 1. The number of nitrogens with one attached hydrogen (secondary N) is 3. The zero-order valence-electron chi connectivity index (χ0n) is 14.0. The number of hydrogen-bond acceptors (Lipinski definition) is 3. The summed E-state index contributed by atoms with van der Waals surface area (Å²) < 4.78 is 5.10. The van der Waals surface area contributed by atoms with Crippen LogP contribution in [0.4, 0.5) is 5.69 Å². The highest BCUT2D eigenvalue weighted by molar-refractivity contribution is 6.10. The molecule has 0 unspecified atom stereocenters. The quantitative estimate of drug-likeness (QED) is 0.700. The Kier molecular flexibility index (Phi) is 5.15. The van der Waals surface area contributed by atoms with Gasteiger partial charge in [0.2, 0.25) is 5.91 Å². The van der Waals surface area contributed by atoms with Crippen molar-refractivity contribution in [3.05, 3.63) is 30.0 Å². The van der Waals surface area contributed by atoms with Crippen molar-refractivity contribution in [2.75, 3.05) is 31.6 Å². The van der Waals surface area contributed by atoms with Gasteiger partial charge in [-0.2, -0.15) is 0 Å². The predicted molar refractivity (Wildman–Crippen MR) is 92.3 cm³/mol. The van der Waals surface area contributed by atoms with Crippen LogP contribution in [-0.4, -0.2) is 43.1 Å². The molecule has 1 saturated heterocycles. The molecule has 6 nitrogen and oxygen atoms in total. The molecule has 1 fully saturated rings. The van der Waals surface area contributed by atoms with Crippen molar-refractivity contribution >= 4 is 28.5 Å². The minimum Gasteiger partial charge on any atom is -0.461 e. The van der Waals surface area contributed by atoms with Crippen LogP contribution in [0, 0.1) is 0 Å². The zero-order valence-corrected chi connectivity index (χ0v) is 14.0. The normalized spacial score (nSPS) is 14.9. The molecule has 0 atom stereocenters. The largest absolute Gasteiger partial charge is 0.461 e. The Morgan fingerprint density at radius 1 is 1.25 bits per heavy atom. The van der Waals surface area contributed by atoms with Gasteiger partial charge in [-0.25, -0.2) is 4.79 Å². The van der Waals surface area contributed by atoms with Gasteiger partial charge in [0, 0.05) is 23.7 Å². The van der Waals surface area contributed by atoms with E-state index in [2.05, 4.69) is 10.3 Å². The van der Waals surface area contributed by atoms with E-state index in [0.717, 1.165) is 30.5 Å². The summed E-state index contributed by atoms with van der Waals surface area (Å²) in [5.74, 6) is -0.515. The van der Waals surface area contributed by atoms with Crippen LogP contribution in [0.15, 0.2) is 24.3 Å². The molecule has 0 bridgehead atoms. The predicted octanol–water partition coefficient (Wildman–Crippen LogP) is 1.35. The fraction of sp³-hybridized carbons (Fsp3) is 0.444. The van der Waals surface area contributed by atoms with Gasteiger partial charge >= 0.3 is 5.97 Å². The number of benzene rings is 1. The molecule has 3 rings (SSSR count). The first-order chi connectivity index (χ1) is 11.7. The Hall–Kier alpha value is -2.34. The molecule has 2 aromatic rings. The van der Waals surface area contributed by atoms with Gasteiger partial charge in [0.15, 0.2) is 0 Å². The standard InChI is InChI=1S/C18H23N3O3/c1-2-24-18(23)17-16(13-7-3-4-8-14(13)19-17)20-15(22)9-12-21-10-5-6-11-21/h3-4,7-8,19H,2,5-6,9-12H2,1H3,(H,20,22)/p+1. The number of carbonyl (C=O) groups excluding carboxylic acids is 2. The SMILES string of the molecule is CCOC(=O)c1[nH]c2ccccc2c1NC(=O)CC[NH+]1CCCC1. The first-order valence-electron chi connectivity index (χ1n) is 8.60. The van der Waals surface area contributed by atoms with Gasteiger partial charge in [-0.3, -0.25) is 4.79 Å². The number of aromatic amines is 1. The van der Waals surface area contributed by atoms with E-state index in [-0.39, 0.29) is 5.91 Å². The van der Waals surface area contributed by atoms with Crippen LogP contribution in [0.25, 0.3) is 10.9 Å². The lowest BCUT2D eigenvalue weighted by molar-refractivity contribution is -0.886. The number of esters is 1. The Bertz CT molecular complexity index is 732. The highest BCUT2D eigenvalue weighted by atomic mass is 16.5. The summed E-state index contributed by atoms with van der Waals surface area (Å²) in [6.45, 7) is 5.18. The molecule has 128 valence electrons. The molecule has 1 aromatic carbocycles. The lowest BCUT2D eigenvalue weighted by atomic mass is 10.2. The second-order valence-corrected chi connectivity index (χ2v) is 6.15.